The summed E-state index contributed by atoms with van der Waals surface area (Å²) in [6, 6.07) is 16.8. The number of halogens is 5. The minimum Gasteiger partial charge on any atom is -0.507 e. The van der Waals surface area contributed by atoms with Gasteiger partial charge in [0.15, 0.2) is 11.0 Å². The third-order valence-corrected chi connectivity index (χ3v) is 7.65. The maximum atomic E-state index is 14.1. The van der Waals surface area contributed by atoms with Crippen molar-refractivity contribution in [1.82, 2.24) is 0 Å². The lowest BCUT2D eigenvalue weighted by molar-refractivity contribution is 0.0896. The van der Waals surface area contributed by atoms with E-state index >= 15 is 0 Å². The summed E-state index contributed by atoms with van der Waals surface area (Å²) < 4.78 is 5.99. The number of hydrogen-bond acceptors (Lipinski definition) is 6. The van der Waals surface area contributed by atoms with Crippen LogP contribution in [0.4, 0.5) is 5.69 Å². The Morgan fingerprint density at radius 1 is 0.659 bits per heavy atom. The topological polar surface area (TPSA) is 108 Å². The summed E-state index contributed by atoms with van der Waals surface area (Å²) in [6.07, 6.45) is 0. The highest BCUT2D eigenvalue weighted by molar-refractivity contribution is 6.45. The van der Waals surface area contributed by atoms with Crippen molar-refractivity contribution in [3.05, 3.63) is 119 Å². The number of imide groups is 1. The molecule has 0 spiro atoms. The predicted octanol–water partition coefficient (Wildman–Crippen LogP) is 8.63. The van der Waals surface area contributed by atoms with Gasteiger partial charge in [-0.2, -0.15) is 0 Å². The molecule has 5 rings (SSSR count). The van der Waals surface area contributed by atoms with Crippen molar-refractivity contribution < 1.29 is 24.2 Å². The Morgan fingerprint density at radius 3 is 1.66 bits per heavy atom. The maximum Gasteiger partial charge on any atom is 0.268 e. The Labute approximate surface area is 256 Å². The first-order valence-electron chi connectivity index (χ1n) is 11.6. The van der Waals surface area contributed by atoms with Gasteiger partial charge < -0.3 is 14.6 Å². The third-order valence-electron chi connectivity index (χ3n) is 6.06. The Balaban J connectivity index is 1.90. The normalized spacial score (nSPS) is 11.0. The molecule has 0 saturated carbocycles. The van der Waals surface area contributed by atoms with E-state index in [1.807, 2.05) is 0 Å². The zero-order chi connectivity index (χ0) is 29.6. The van der Waals surface area contributed by atoms with Crippen molar-refractivity contribution in [3.8, 4) is 22.8 Å². The van der Waals surface area contributed by atoms with E-state index in [-0.39, 0.29) is 47.6 Å². The number of anilines is 1. The first kappa shape index (κ1) is 28.8. The molecule has 4 aromatic carbocycles. The van der Waals surface area contributed by atoms with E-state index in [1.165, 1.54) is 36.4 Å². The zero-order valence-corrected chi connectivity index (χ0v) is 24.1. The molecule has 2 N–H and O–H groups in total. The fourth-order valence-electron chi connectivity index (χ4n) is 4.22. The van der Waals surface area contributed by atoms with Gasteiger partial charge in [-0.25, -0.2) is 4.90 Å². The minimum absolute atomic E-state index is 0.0780. The van der Waals surface area contributed by atoms with E-state index in [9.17, 15) is 24.6 Å². The van der Waals surface area contributed by atoms with Gasteiger partial charge in [-0.3, -0.25) is 14.4 Å². The third kappa shape index (κ3) is 5.12. The number of nitrogens with zero attached hydrogens (tertiary/aromatic N) is 1. The molecule has 12 heteroatoms. The van der Waals surface area contributed by atoms with Crippen molar-refractivity contribution in [1.29, 1.82) is 0 Å². The van der Waals surface area contributed by atoms with Crippen LogP contribution in [0.3, 0.4) is 0 Å². The lowest BCUT2D eigenvalue weighted by Crippen LogP contribution is -2.38. The Kier molecular flexibility index (Phi) is 7.92. The lowest BCUT2D eigenvalue weighted by Gasteiger charge is -2.25. The van der Waals surface area contributed by atoms with Crippen molar-refractivity contribution in [2.75, 3.05) is 4.90 Å². The number of phenolic OH excluding ortho intramolecular Hbond substituents is 2. The summed E-state index contributed by atoms with van der Waals surface area (Å²) in [6.45, 7) is 0. The van der Waals surface area contributed by atoms with Crippen LogP contribution in [-0.4, -0.2) is 22.0 Å². The maximum absolute atomic E-state index is 14.1. The number of amides is 2. The number of aromatic hydroxyl groups is 2. The number of rotatable bonds is 4. The van der Waals surface area contributed by atoms with E-state index < -0.39 is 45.4 Å². The highest BCUT2D eigenvalue weighted by Gasteiger charge is 2.36. The van der Waals surface area contributed by atoms with Gasteiger partial charge in [-0.1, -0.05) is 82.3 Å². The van der Waals surface area contributed by atoms with Gasteiger partial charge in [0, 0.05) is 17.7 Å². The smallest absolute Gasteiger partial charge is 0.268 e. The van der Waals surface area contributed by atoms with Gasteiger partial charge in [0.05, 0.1) is 36.2 Å². The van der Waals surface area contributed by atoms with Gasteiger partial charge in [-0.05, 0) is 36.4 Å². The average molecular weight is 650 g/mol. The predicted molar refractivity (Wildman–Crippen MR) is 160 cm³/mol. The lowest BCUT2D eigenvalue weighted by atomic mass is 10.1. The van der Waals surface area contributed by atoms with E-state index in [4.69, 9.17) is 62.4 Å². The van der Waals surface area contributed by atoms with Crippen LogP contribution >= 0.6 is 58.0 Å². The number of carbonyl (C=O) groups is 2. The van der Waals surface area contributed by atoms with Gasteiger partial charge in [0.1, 0.15) is 28.3 Å². The molecule has 0 aliphatic rings. The number of benzene rings is 4. The van der Waals surface area contributed by atoms with Crippen molar-refractivity contribution in [2.45, 2.75) is 0 Å². The molecule has 0 radical (unpaired) electrons. The Morgan fingerprint density at radius 2 is 1.15 bits per heavy atom. The molecule has 0 unspecified atom stereocenters. The minimum atomic E-state index is -1.12. The van der Waals surface area contributed by atoms with E-state index in [0.717, 1.165) is 12.1 Å². The van der Waals surface area contributed by atoms with Gasteiger partial charge >= 0.3 is 0 Å². The monoisotopic (exact) mass is 647 g/mol. The number of carbonyl (C=O) groups excluding carboxylic acids is 2. The second-order valence-corrected chi connectivity index (χ2v) is 10.6. The second-order valence-electron chi connectivity index (χ2n) is 8.56. The molecule has 0 aliphatic heterocycles. The van der Waals surface area contributed by atoms with Crippen LogP contribution in [0.2, 0.25) is 25.1 Å². The summed E-state index contributed by atoms with van der Waals surface area (Å²) in [5, 5.41) is 21.0. The molecular formula is C29H14Cl5NO6. The molecule has 0 bridgehead atoms. The van der Waals surface area contributed by atoms with Crippen LogP contribution in [0, 0.1) is 0 Å². The average Bonchev–Trinajstić information content (AvgIpc) is 2.90. The van der Waals surface area contributed by atoms with E-state index in [0.29, 0.717) is 4.90 Å². The molecule has 0 atom stereocenters. The summed E-state index contributed by atoms with van der Waals surface area (Å²) in [7, 11) is 0. The highest BCUT2D eigenvalue weighted by Crippen LogP contribution is 2.44. The van der Waals surface area contributed by atoms with Crippen molar-refractivity contribution in [3.63, 3.8) is 0 Å². The number of hydrogen-bond donors (Lipinski definition) is 2. The number of phenols is 2. The molecular weight excluding hydrogens is 636 g/mol. The molecule has 7 nitrogen and oxygen atoms in total. The summed E-state index contributed by atoms with van der Waals surface area (Å²) >= 11 is 31.6. The van der Waals surface area contributed by atoms with Crippen LogP contribution in [0.25, 0.3) is 22.3 Å². The molecule has 1 aromatic heterocycles. The first-order valence-corrected chi connectivity index (χ1v) is 13.4. The fraction of sp³-hybridized carbons (Fsp3) is 0. The van der Waals surface area contributed by atoms with Crippen LogP contribution in [0.1, 0.15) is 20.7 Å². The van der Waals surface area contributed by atoms with Crippen LogP contribution in [-0.2, 0) is 0 Å². The second kappa shape index (κ2) is 11.3. The standard InChI is InChI=1S/C29H14Cl5NO6/c30-14-6-2-1-5-13(14)22-12-20(37)25-19(36)11-21(38)26(27(25)41-22)35(28(39)23-15(31)7-3-8-16(23)32)29(40)24-17(33)9-4-10-18(24)34/h1-12,36,38H. The largest absolute Gasteiger partial charge is 0.507 e. The van der Waals surface area contributed by atoms with E-state index in [1.54, 1.807) is 24.3 Å². The number of fused-ring (bicyclic) bond motifs is 1. The molecule has 1 heterocycles. The molecule has 0 aliphatic carbocycles. The van der Waals surface area contributed by atoms with Crippen molar-refractivity contribution in [2.24, 2.45) is 0 Å². The van der Waals surface area contributed by atoms with Crippen molar-refractivity contribution >= 4 is 86.5 Å². The molecule has 2 amide bonds. The molecule has 5 aromatic rings. The first-order chi connectivity index (χ1) is 19.5. The Hall–Kier alpha value is -3.72. The summed E-state index contributed by atoms with van der Waals surface area (Å²) in [5.74, 6) is -3.79. The molecule has 0 fully saturated rings. The van der Waals surface area contributed by atoms with Crippen LogP contribution in [0.5, 0.6) is 11.5 Å². The van der Waals surface area contributed by atoms with Crippen LogP contribution < -0.4 is 10.3 Å². The highest BCUT2D eigenvalue weighted by atomic mass is 35.5. The quantitative estimate of drug-likeness (QED) is 0.189. The van der Waals surface area contributed by atoms with E-state index in [2.05, 4.69) is 0 Å². The van der Waals surface area contributed by atoms with Gasteiger partial charge in [0.25, 0.3) is 11.8 Å². The Bertz CT molecular complexity index is 1850. The van der Waals surface area contributed by atoms with Gasteiger partial charge in [0.2, 0.25) is 0 Å². The molecule has 206 valence electrons. The molecule has 0 saturated heterocycles. The zero-order valence-electron chi connectivity index (χ0n) is 20.3. The van der Waals surface area contributed by atoms with Crippen LogP contribution in [0.15, 0.2) is 82.0 Å². The summed E-state index contributed by atoms with van der Waals surface area (Å²) in [5.41, 5.74) is -2.21. The molecule has 41 heavy (non-hydrogen) atoms. The summed E-state index contributed by atoms with van der Waals surface area (Å²) in [4.78, 5) is 42.0. The fourth-order valence-corrected chi connectivity index (χ4v) is 5.57. The van der Waals surface area contributed by atoms with Gasteiger partial charge in [-0.15, -0.1) is 0 Å². The SMILES string of the molecule is O=C(c1c(Cl)cccc1Cl)N(C(=O)c1c(Cl)cccc1Cl)c1c(O)cc(O)c2c(=O)cc(-c3ccccc3Cl)oc12.